The van der Waals surface area contributed by atoms with Crippen LogP contribution in [0.2, 0.25) is 0 Å². The molecule has 4 N–H and O–H groups in total. The van der Waals surface area contributed by atoms with Crippen LogP contribution in [0, 0.1) is 0 Å². The summed E-state index contributed by atoms with van der Waals surface area (Å²) in [5, 5.41) is 8.44. The second kappa shape index (κ2) is 9.18. The van der Waals surface area contributed by atoms with Gasteiger partial charge in [0.25, 0.3) is 17.7 Å². The molecule has 1 aliphatic rings. The van der Waals surface area contributed by atoms with Crippen LogP contribution in [0.5, 0.6) is 0 Å². The Morgan fingerprint density at radius 2 is 1.82 bits per heavy atom. The first kappa shape index (κ1) is 19.6. The van der Waals surface area contributed by atoms with Gasteiger partial charge in [0, 0.05) is 6.04 Å². The van der Waals surface area contributed by atoms with Gasteiger partial charge in [0.1, 0.15) is 5.76 Å². The zero-order chi connectivity index (χ0) is 19.9. The van der Waals surface area contributed by atoms with Crippen molar-refractivity contribution in [3.8, 4) is 0 Å². The summed E-state index contributed by atoms with van der Waals surface area (Å²) in [6.07, 6.45) is 3.60. The van der Waals surface area contributed by atoms with Crippen molar-refractivity contribution >= 4 is 23.4 Å². The molecular weight excluding hydrogens is 360 g/mol. The third-order valence-corrected chi connectivity index (χ3v) is 4.32. The maximum Gasteiger partial charge on any atom is 0.279 e. The number of anilines is 1. The Labute approximate surface area is 163 Å². The Morgan fingerprint density at radius 1 is 1.07 bits per heavy atom. The van der Waals surface area contributed by atoms with Crippen molar-refractivity contribution in [3.05, 3.63) is 54.0 Å². The minimum atomic E-state index is -0.309. The van der Waals surface area contributed by atoms with Gasteiger partial charge in [-0.3, -0.25) is 14.4 Å². The molecule has 2 aromatic rings. The van der Waals surface area contributed by atoms with E-state index in [1.54, 1.807) is 49.7 Å². The van der Waals surface area contributed by atoms with Gasteiger partial charge in [-0.2, -0.15) is 0 Å². The summed E-state index contributed by atoms with van der Waals surface area (Å²) in [4.78, 5) is 37.4. The third-order valence-electron chi connectivity index (χ3n) is 4.32. The zero-order valence-corrected chi connectivity index (χ0v) is 15.8. The number of benzene rings is 1. The van der Waals surface area contributed by atoms with Gasteiger partial charge in [-0.1, -0.05) is 12.1 Å². The topological polar surface area (TPSA) is 105 Å². The molecule has 8 heteroatoms. The fourth-order valence-corrected chi connectivity index (χ4v) is 2.78. The molecule has 1 heterocycles. The fraction of sp³-hybridized carbons (Fsp3) is 0.350. The van der Waals surface area contributed by atoms with Crippen LogP contribution in [-0.2, 0) is 16.1 Å². The van der Waals surface area contributed by atoms with E-state index in [9.17, 15) is 14.4 Å². The number of likely N-dealkylation sites (N-methyl/N-ethyl adjacent to an activating group) is 1. The number of hydrogen-bond donors (Lipinski definition) is 4. The van der Waals surface area contributed by atoms with Crippen LogP contribution in [0.3, 0.4) is 0 Å². The number of carbonyl (C=O) groups is 3. The molecule has 8 nitrogen and oxygen atoms in total. The Hall–Kier alpha value is -3.13. The molecule has 1 fully saturated rings. The Kier molecular flexibility index (Phi) is 6.44. The van der Waals surface area contributed by atoms with Gasteiger partial charge in [-0.15, -0.1) is 0 Å². The molecule has 148 valence electrons. The molecule has 0 saturated heterocycles. The van der Waals surface area contributed by atoms with E-state index >= 15 is 0 Å². The smallest absolute Gasteiger partial charge is 0.279 e. The van der Waals surface area contributed by atoms with E-state index in [1.807, 2.05) is 0 Å². The quantitative estimate of drug-likeness (QED) is 0.485. The van der Waals surface area contributed by atoms with Crippen LogP contribution >= 0.6 is 0 Å². The number of hydrogen-bond acceptors (Lipinski definition) is 4. The first-order valence-corrected chi connectivity index (χ1v) is 9.31. The molecule has 3 amide bonds. The van der Waals surface area contributed by atoms with Gasteiger partial charge >= 0.3 is 0 Å². The minimum Gasteiger partial charge on any atom is -0.467 e. The normalized spacial score (nSPS) is 14.2. The average Bonchev–Trinajstić information content (AvgIpc) is 3.30. The van der Waals surface area contributed by atoms with Gasteiger partial charge in [0.2, 0.25) is 0 Å². The zero-order valence-electron chi connectivity index (χ0n) is 15.8. The van der Waals surface area contributed by atoms with Crippen LogP contribution in [0.15, 0.2) is 47.1 Å². The van der Waals surface area contributed by atoms with E-state index in [2.05, 4.69) is 16.0 Å². The first-order chi connectivity index (χ1) is 13.5. The second-order valence-corrected chi connectivity index (χ2v) is 7.01. The molecule has 1 aromatic carbocycles. The average molecular weight is 385 g/mol. The van der Waals surface area contributed by atoms with Crippen molar-refractivity contribution in [2.45, 2.75) is 25.4 Å². The lowest BCUT2D eigenvalue weighted by Gasteiger charge is -2.15. The van der Waals surface area contributed by atoms with Crippen molar-refractivity contribution in [1.29, 1.82) is 0 Å². The highest BCUT2D eigenvalue weighted by atomic mass is 16.3. The van der Waals surface area contributed by atoms with Gasteiger partial charge in [-0.05, 0) is 37.1 Å². The lowest BCUT2D eigenvalue weighted by Crippen LogP contribution is -3.11. The largest absolute Gasteiger partial charge is 0.467 e. The van der Waals surface area contributed by atoms with Crippen LogP contribution in [0.1, 0.15) is 29.0 Å². The molecule has 1 aliphatic carbocycles. The SMILES string of the molecule is C[NH+](CC(=O)Nc1ccccc1C(=O)NCc1ccco1)CC(=O)NC1CC1. The molecule has 0 aliphatic heterocycles. The molecule has 3 rings (SSSR count). The number of rotatable bonds is 9. The van der Waals surface area contributed by atoms with E-state index in [0.29, 0.717) is 23.1 Å². The van der Waals surface area contributed by atoms with Crippen LogP contribution in [0.4, 0.5) is 5.69 Å². The summed E-state index contributed by atoms with van der Waals surface area (Å²) in [6, 6.07) is 10.6. The number of nitrogens with one attached hydrogen (secondary N) is 4. The third kappa shape index (κ3) is 5.95. The predicted octanol–water partition coefficient (Wildman–Crippen LogP) is -0.0586. The summed E-state index contributed by atoms with van der Waals surface area (Å²) in [6.45, 7) is 0.618. The van der Waals surface area contributed by atoms with Gasteiger partial charge in [0.15, 0.2) is 13.1 Å². The molecule has 0 spiro atoms. The van der Waals surface area contributed by atoms with E-state index in [4.69, 9.17) is 4.42 Å². The number of furan rings is 1. The molecule has 1 saturated carbocycles. The summed E-state index contributed by atoms with van der Waals surface area (Å²) in [7, 11) is 1.79. The van der Waals surface area contributed by atoms with Crippen molar-refractivity contribution in [2.24, 2.45) is 0 Å². The van der Waals surface area contributed by atoms with Gasteiger partial charge in [-0.25, -0.2) is 0 Å². The minimum absolute atomic E-state index is 0.0505. The van der Waals surface area contributed by atoms with Crippen molar-refractivity contribution in [2.75, 3.05) is 25.5 Å². The van der Waals surface area contributed by atoms with E-state index in [1.165, 1.54) is 0 Å². The number of amides is 3. The van der Waals surface area contributed by atoms with Crippen molar-refractivity contribution in [1.82, 2.24) is 10.6 Å². The van der Waals surface area contributed by atoms with E-state index in [-0.39, 0.29) is 37.4 Å². The Balaban J connectivity index is 1.52. The maximum atomic E-state index is 12.5. The van der Waals surface area contributed by atoms with Gasteiger partial charge < -0.3 is 25.3 Å². The monoisotopic (exact) mass is 385 g/mol. The van der Waals surface area contributed by atoms with Gasteiger partial charge in [0.05, 0.1) is 31.1 Å². The van der Waals surface area contributed by atoms with Crippen LogP contribution in [0.25, 0.3) is 0 Å². The number of para-hydroxylation sites is 1. The van der Waals surface area contributed by atoms with Crippen molar-refractivity contribution in [3.63, 3.8) is 0 Å². The fourth-order valence-electron chi connectivity index (χ4n) is 2.78. The number of carbonyl (C=O) groups excluding carboxylic acids is 3. The molecule has 0 radical (unpaired) electrons. The second-order valence-electron chi connectivity index (χ2n) is 7.01. The highest BCUT2D eigenvalue weighted by molar-refractivity contribution is 6.03. The highest BCUT2D eigenvalue weighted by Gasteiger charge is 2.25. The lowest BCUT2D eigenvalue weighted by molar-refractivity contribution is -0.862. The Morgan fingerprint density at radius 3 is 2.54 bits per heavy atom. The summed E-state index contributed by atoms with van der Waals surface area (Å²) < 4.78 is 5.20. The first-order valence-electron chi connectivity index (χ1n) is 9.31. The molecule has 1 aromatic heterocycles. The number of quaternary nitrogens is 1. The van der Waals surface area contributed by atoms with E-state index < -0.39 is 0 Å². The predicted molar refractivity (Wildman–Crippen MR) is 103 cm³/mol. The standard InChI is InChI=1S/C20H24N4O4/c1-24(12-18(25)22-14-8-9-14)13-19(26)23-17-7-3-2-6-16(17)20(27)21-11-15-5-4-10-28-15/h2-7,10,14H,8-9,11-13H2,1H3,(H,21,27)(H,22,25)(H,23,26)/p+1. The summed E-state index contributed by atoms with van der Waals surface area (Å²) in [5.41, 5.74) is 0.797. The van der Waals surface area contributed by atoms with Crippen molar-refractivity contribution < 1.29 is 23.7 Å². The van der Waals surface area contributed by atoms with E-state index in [0.717, 1.165) is 17.7 Å². The molecule has 28 heavy (non-hydrogen) atoms. The highest BCUT2D eigenvalue weighted by Crippen LogP contribution is 2.18. The summed E-state index contributed by atoms with van der Waals surface area (Å²) >= 11 is 0. The maximum absolute atomic E-state index is 12.5. The van der Waals surface area contributed by atoms with Crippen LogP contribution < -0.4 is 20.9 Å². The Bertz CT molecular complexity index is 830. The molecule has 1 unspecified atom stereocenters. The molecule has 0 bridgehead atoms. The van der Waals surface area contributed by atoms with Crippen LogP contribution in [-0.4, -0.2) is 43.9 Å². The molecular formula is C20H25N4O4+. The summed E-state index contributed by atoms with van der Waals surface area (Å²) in [5.74, 6) is 0.0230. The molecule has 1 atom stereocenters. The lowest BCUT2D eigenvalue weighted by atomic mass is 10.1.